The van der Waals surface area contributed by atoms with Crippen LogP contribution in [0.3, 0.4) is 0 Å². The van der Waals surface area contributed by atoms with Gasteiger partial charge in [-0.15, -0.1) is 11.3 Å². The molecule has 76 valence electrons. The Kier molecular flexibility index (Phi) is 2.58. The monoisotopic (exact) mass is 214 g/mol. The molecular weight excluding hydrogens is 204 g/mol. The smallest absolute Gasteiger partial charge is 0.303 e. The predicted molar refractivity (Wildman–Crippen MR) is 50.9 cm³/mol. The predicted octanol–water partition coefficient (Wildman–Crippen LogP) is 1.45. The maximum atomic E-state index is 10.7. The van der Waals surface area contributed by atoms with E-state index < -0.39 is 0 Å². The summed E-state index contributed by atoms with van der Waals surface area (Å²) >= 11 is 1.52. The van der Waals surface area contributed by atoms with Gasteiger partial charge in [0.25, 0.3) is 0 Å². The molecule has 0 saturated heterocycles. The summed E-state index contributed by atoms with van der Waals surface area (Å²) in [5.41, 5.74) is 0. The molecule has 1 aliphatic rings. The number of fused-ring (bicyclic) bond motifs is 1. The zero-order valence-corrected chi connectivity index (χ0v) is 8.50. The molecule has 2 rings (SSSR count). The molecule has 0 aromatic carbocycles. The van der Waals surface area contributed by atoms with Crippen LogP contribution in [0, 0.1) is 0 Å². The van der Waals surface area contributed by atoms with Gasteiger partial charge in [0.05, 0.1) is 0 Å². The summed E-state index contributed by atoms with van der Waals surface area (Å²) in [6.45, 7) is 2.08. The van der Waals surface area contributed by atoms with Gasteiger partial charge in [0.15, 0.2) is 17.6 Å². The van der Waals surface area contributed by atoms with Gasteiger partial charge < -0.3 is 14.2 Å². The average Bonchev–Trinajstić information content (AvgIpc) is 2.50. The third kappa shape index (κ3) is 1.98. The van der Waals surface area contributed by atoms with Crippen LogP contribution in [0.25, 0.3) is 0 Å². The normalized spacial score (nSPS) is 16.1. The fourth-order valence-electron chi connectivity index (χ4n) is 1.20. The molecule has 5 heteroatoms. The van der Waals surface area contributed by atoms with Crippen LogP contribution in [0.15, 0.2) is 10.8 Å². The molecule has 2 heterocycles. The zero-order chi connectivity index (χ0) is 9.97. The van der Waals surface area contributed by atoms with Crippen molar-refractivity contribution in [3.05, 3.63) is 10.8 Å². The molecule has 0 N–H and O–H groups in total. The van der Waals surface area contributed by atoms with E-state index in [1.165, 1.54) is 18.3 Å². The van der Waals surface area contributed by atoms with E-state index in [4.69, 9.17) is 14.2 Å². The van der Waals surface area contributed by atoms with Crippen LogP contribution in [-0.4, -0.2) is 25.3 Å². The summed E-state index contributed by atoms with van der Waals surface area (Å²) in [6, 6.07) is 0. The third-order valence-corrected chi connectivity index (χ3v) is 2.48. The maximum absolute atomic E-state index is 10.7. The highest BCUT2D eigenvalue weighted by Gasteiger charge is 2.20. The Morgan fingerprint density at radius 2 is 2.00 bits per heavy atom. The molecule has 0 fully saturated rings. The lowest BCUT2D eigenvalue weighted by Gasteiger charge is -2.12. The van der Waals surface area contributed by atoms with E-state index in [-0.39, 0.29) is 12.1 Å². The minimum absolute atomic E-state index is 0.313. The lowest BCUT2D eigenvalue weighted by Crippen LogP contribution is -2.28. The van der Waals surface area contributed by atoms with Crippen molar-refractivity contribution in [1.29, 1.82) is 0 Å². The first-order valence-electron chi connectivity index (χ1n) is 4.24. The van der Waals surface area contributed by atoms with Crippen molar-refractivity contribution >= 4 is 17.3 Å². The summed E-state index contributed by atoms with van der Waals surface area (Å²) in [5.74, 6) is 1.14. The average molecular weight is 214 g/mol. The maximum Gasteiger partial charge on any atom is 0.303 e. The fraction of sp³-hybridized carbons (Fsp3) is 0.444. The van der Waals surface area contributed by atoms with Crippen molar-refractivity contribution in [2.24, 2.45) is 0 Å². The molecule has 0 unspecified atom stereocenters. The van der Waals surface area contributed by atoms with Gasteiger partial charge in [-0.25, -0.2) is 0 Å². The molecule has 4 nitrogen and oxygen atoms in total. The lowest BCUT2D eigenvalue weighted by molar-refractivity contribution is -0.148. The highest BCUT2D eigenvalue weighted by molar-refractivity contribution is 7.08. The Bertz CT molecular complexity index is 311. The van der Waals surface area contributed by atoms with Gasteiger partial charge in [-0.1, -0.05) is 0 Å². The zero-order valence-electron chi connectivity index (χ0n) is 7.69. The van der Waals surface area contributed by atoms with Crippen LogP contribution in [-0.2, 0) is 9.53 Å². The summed E-state index contributed by atoms with van der Waals surface area (Å²) in [5, 5.41) is 3.73. The van der Waals surface area contributed by atoms with Gasteiger partial charge >= 0.3 is 5.97 Å². The van der Waals surface area contributed by atoms with E-state index in [0.717, 1.165) is 11.5 Å². The van der Waals surface area contributed by atoms with Gasteiger partial charge in [-0.3, -0.25) is 4.79 Å². The first-order valence-corrected chi connectivity index (χ1v) is 5.19. The molecule has 1 aliphatic heterocycles. The number of rotatable bonds is 1. The van der Waals surface area contributed by atoms with E-state index >= 15 is 0 Å². The van der Waals surface area contributed by atoms with Crippen LogP contribution >= 0.6 is 11.3 Å². The van der Waals surface area contributed by atoms with Crippen molar-refractivity contribution in [3.63, 3.8) is 0 Å². The minimum atomic E-state index is -0.315. The molecule has 0 aliphatic carbocycles. The fourth-order valence-corrected chi connectivity index (χ4v) is 1.88. The number of carbonyl (C=O) groups excluding carboxylic acids is 1. The number of carbonyl (C=O) groups is 1. The lowest BCUT2D eigenvalue weighted by atomic mass is 10.4. The standard InChI is InChI=1S/C9H10O4S/c1-6(10)13-7-2-11-8-4-14-5-9(8)12-3-7/h4-5,7H,2-3H2,1H3. The van der Waals surface area contributed by atoms with Gasteiger partial charge in [-0.2, -0.15) is 0 Å². The van der Waals surface area contributed by atoms with Crippen LogP contribution < -0.4 is 9.47 Å². The number of hydrogen-bond donors (Lipinski definition) is 0. The van der Waals surface area contributed by atoms with Crippen LogP contribution in [0.5, 0.6) is 11.5 Å². The van der Waals surface area contributed by atoms with Crippen molar-refractivity contribution in [2.45, 2.75) is 13.0 Å². The molecule has 1 aromatic heterocycles. The molecule has 0 bridgehead atoms. The second kappa shape index (κ2) is 3.88. The first kappa shape index (κ1) is 9.33. The number of thiophene rings is 1. The van der Waals surface area contributed by atoms with Crippen LogP contribution in [0.2, 0.25) is 0 Å². The Hall–Kier alpha value is -1.23. The molecule has 1 aromatic rings. The Labute approximate surface area is 85.4 Å². The topological polar surface area (TPSA) is 44.8 Å². The minimum Gasteiger partial charge on any atom is -0.485 e. The molecule has 0 spiro atoms. The summed E-state index contributed by atoms with van der Waals surface area (Å²) in [4.78, 5) is 10.7. The van der Waals surface area contributed by atoms with E-state index in [9.17, 15) is 4.79 Å². The van der Waals surface area contributed by atoms with Crippen molar-refractivity contribution in [3.8, 4) is 11.5 Å². The molecule has 0 atom stereocenters. The molecule has 0 saturated carbocycles. The summed E-state index contributed by atoms with van der Waals surface area (Å²) in [7, 11) is 0. The van der Waals surface area contributed by atoms with E-state index in [1.54, 1.807) is 0 Å². The SMILES string of the molecule is CC(=O)OC1COc2cscc2OC1. The largest absolute Gasteiger partial charge is 0.485 e. The van der Waals surface area contributed by atoms with Crippen molar-refractivity contribution in [2.75, 3.05) is 13.2 Å². The van der Waals surface area contributed by atoms with Gasteiger partial charge in [0.2, 0.25) is 0 Å². The van der Waals surface area contributed by atoms with Crippen LogP contribution in [0.1, 0.15) is 6.92 Å². The summed E-state index contributed by atoms with van der Waals surface area (Å²) in [6.07, 6.45) is -0.315. The van der Waals surface area contributed by atoms with Crippen molar-refractivity contribution < 1.29 is 19.0 Å². The van der Waals surface area contributed by atoms with Crippen LogP contribution in [0.4, 0.5) is 0 Å². The second-order valence-corrected chi connectivity index (χ2v) is 3.70. The molecule has 14 heavy (non-hydrogen) atoms. The molecule has 0 amide bonds. The van der Waals surface area contributed by atoms with E-state index in [2.05, 4.69) is 0 Å². The van der Waals surface area contributed by atoms with E-state index in [0.29, 0.717) is 13.2 Å². The van der Waals surface area contributed by atoms with E-state index in [1.807, 2.05) is 10.8 Å². The quantitative estimate of drug-likeness (QED) is 0.664. The van der Waals surface area contributed by atoms with Gasteiger partial charge in [0, 0.05) is 17.7 Å². The Morgan fingerprint density at radius 1 is 1.43 bits per heavy atom. The Morgan fingerprint density at radius 3 is 2.50 bits per heavy atom. The number of ether oxygens (including phenoxy) is 3. The van der Waals surface area contributed by atoms with Gasteiger partial charge in [-0.05, 0) is 0 Å². The van der Waals surface area contributed by atoms with Crippen molar-refractivity contribution in [1.82, 2.24) is 0 Å². The number of esters is 1. The Balaban J connectivity index is 1.99. The molecule has 0 radical (unpaired) electrons. The first-order chi connectivity index (χ1) is 6.75. The highest BCUT2D eigenvalue weighted by Crippen LogP contribution is 2.33. The highest BCUT2D eigenvalue weighted by atomic mass is 32.1. The van der Waals surface area contributed by atoms with Gasteiger partial charge in [0.1, 0.15) is 13.2 Å². The second-order valence-electron chi connectivity index (χ2n) is 2.95. The third-order valence-electron chi connectivity index (χ3n) is 1.78. The summed E-state index contributed by atoms with van der Waals surface area (Å²) < 4.78 is 15.8. The number of hydrogen-bond acceptors (Lipinski definition) is 5. The molecular formula is C9H10O4S.